The van der Waals surface area contributed by atoms with Gasteiger partial charge < -0.3 is 0 Å². The van der Waals surface area contributed by atoms with Crippen molar-refractivity contribution in [3.05, 3.63) is 107 Å². The fourth-order valence-electron chi connectivity index (χ4n) is 2.86. The van der Waals surface area contributed by atoms with Crippen LogP contribution in [0.15, 0.2) is 78.9 Å². The smallest absolute Gasteiger partial charge is 0.170 e. The quantitative estimate of drug-likeness (QED) is 0.299. The van der Waals surface area contributed by atoms with Crippen LogP contribution in [0.3, 0.4) is 0 Å². The number of benzene rings is 3. The second-order valence-corrected chi connectivity index (χ2v) is 6.55. The molecule has 0 atom stereocenters. The summed E-state index contributed by atoms with van der Waals surface area (Å²) in [5.41, 5.74) is 0.0573. The van der Waals surface area contributed by atoms with Gasteiger partial charge in [0, 0.05) is 22.3 Å². The Morgan fingerprint density at radius 3 is 1.45 bits per heavy atom. The fourth-order valence-corrected chi connectivity index (χ4v) is 2.86. The zero-order valence-corrected chi connectivity index (χ0v) is 15.9. The maximum Gasteiger partial charge on any atom is 0.404 e. The summed E-state index contributed by atoms with van der Waals surface area (Å²) < 4.78 is 79.9. The van der Waals surface area contributed by atoms with Crippen LogP contribution in [-0.2, 0) is 0 Å². The van der Waals surface area contributed by atoms with Gasteiger partial charge in [0.15, 0.2) is 5.92 Å². The Morgan fingerprint density at radius 2 is 0.968 bits per heavy atom. The molecule has 0 aromatic heterocycles. The largest absolute Gasteiger partial charge is 0.404 e. The molecular weight excluding hydrogens is 414 g/mol. The van der Waals surface area contributed by atoms with Gasteiger partial charge in [-0.1, -0.05) is 66.1 Å². The normalized spacial score (nSPS) is 11.3. The molecule has 3 aromatic rings. The molecule has 0 bridgehead atoms. The first-order valence-electron chi connectivity index (χ1n) is 9.06. The van der Waals surface area contributed by atoms with Crippen molar-refractivity contribution in [3.8, 4) is 23.7 Å². The van der Waals surface area contributed by atoms with Gasteiger partial charge in [0.25, 0.3) is 0 Å². The molecule has 6 heteroatoms. The molecule has 3 aromatic carbocycles. The molecule has 3 rings (SSSR count). The molecule has 0 radical (unpaired) electrons. The van der Waals surface area contributed by atoms with E-state index in [0.29, 0.717) is 11.1 Å². The van der Waals surface area contributed by atoms with Gasteiger partial charge in [-0.3, -0.25) is 0 Å². The van der Waals surface area contributed by atoms with Gasteiger partial charge >= 0.3 is 12.4 Å². The van der Waals surface area contributed by atoms with Gasteiger partial charge in [-0.15, -0.1) is 0 Å². The Bertz CT molecular complexity index is 1140. The van der Waals surface area contributed by atoms with Gasteiger partial charge in [0.1, 0.15) is 0 Å². The summed E-state index contributed by atoms with van der Waals surface area (Å²) in [6, 6.07) is 20.2. The van der Waals surface area contributed by atoms with Crippen molar-refractivity contribution >= 4 is 0 Å². The van der Waals surface area contributed by atoms with E-state index in [9.17, 15) is 26.3 Å². The zero-order chi connectivity index (χ0) is 22.5. The second-order valence-electron chi connectivity index (χ2n) is 6.55. The number of hydrogen-bond acceptors (Lipinski definition) is 0. The lowest BCUT2D eigenvalue weighted by Crippen LogP contribution is -2.34. The maximum atomic E-state index is 13.3. The van der Waals surface area contributed by atoms with E-state index in [0.717, 1.165) is 18.2 Å². The summed E-state index contributed by atoms with van der Waals surface area (Å²) in [6.45, 7) is 0. The highest BCUT2D eigenvalue weighted by Gasteiger charge is 2.58. The van der Waals surface area contributed by atoms with E-state index in [-0.39, 0.29) is 11.1 Å². The highest BCUT2D eigenvalue weighted by atomic mass is 19.4. The molecule has 0 aliphatic heterocycles. The lowest BCUT2D eigenvalue weighted by Gasteiger charge is -2.24. The predicted octanol–water partition coefficient (Wildman–Crippen LogP) is 6.69. The van der Waals surface area contributed by atoms with Crippen LogP contribution in [0.25, 0.3) is 0 Å². The summed E-state index contributed by atoms with van der Waals surface area (Å²) >= 11 is 0. The van der Waals surface area contributed by atoms with E-state index in [1.54, 1.807) is 60.7 Å². The second kappa shape index (κ2) is 9.02. The van der Waals surface area contributed by atoms with Crippen LogP contribution >= 0.6 is 0 Å². The lowest BCUT2D eigenvalue weighted by atomic mass is 9.91. The Kier molecular flexibility index (Phi) is 6.42. The molecule has 0 aliphatic carbocycles. The molecule has 0 spiro atoms. The van der Waals surface area contributed by atoms with E-state index in [4.69, 9.17) is 0 Å². The van der Waals surface area contributed by atoms with E-state index in [1.165, 1.54) is 0 Å². The van der Waals surface area contributed by atoms with Gasteiger partial charge in [-0.25, -0.2) is 0 Å². The van der Waals surface area contributed by atoms with Crippen molar-refractivity contribution in [1.82, 2.24) is 0 Å². The average Bonchev–Trinajstić information content (AvgIpc) is 2.71. The molecule has 0 N–H and O–H groups in total. The van der Waals surface area contributed by atoms with Crippen molar-refractivity contribution in [2.45, 2.75) is 18.3 Å². The van der Waals surface area contributed by atoms with Crippen molar-refractivity contribution in [2.75, 3.05) is 0 Å². The van der Waals surface area contributed by atoms with E-state index >= 15 is 0 Å². The van der Waals surface area contributed by atoms with Gasteiger partial charge in [-0.2, -0.15) is 26.3 Å². The summed E-state index contributed by atoms with van der Waals surface area (Å²) in [6.07, 6.45) is -11.0. The Morgan fingerprint density at radius 1 is 0.516 bits per heavy atom. The minimum Gasteiger partial charge on any atom is -0.170 e. The lowest BCUT2D eigenvalue weighted by molar-refractivity contribution is -0.253. The van der Waals surface area contributed by atoms with Crippen molar-refractivity contribution in [1.29, 1.82) is 0 Å². The highest BCUT2D eigenvalue weighted by molar-refractivity contribution is 5.53. The van der Waals surface area contributed by atoms with Crippen LogP contribution in [0.2, 0.25) is 0 Å². The van der Waals surface area contributed by atoms with E-state index < -0.39 is 23.8 Å². The number of halogens is 6. The Hall–Kier alpha value is -3.64. The van der Waals surface area contributed by atoms with Crippen LogP contribution in [0.1, 0.15) is 33.7 Å². The molecule has 156 valence electrons. The van der Waals surface area contributed by atoms with Gasteiger partial charge in [0.05, 0.1) is 0 Å². The molecule has 0 heterocycles. The number of alkyl halides is 6. The fraction of sp³-hybridized carbons (Fsp3) is 0.120. The number of hydrogen-bond donors (Lipinski definition) is 0. The van der Waals surface area contributed by atoms with E-state index in [2.05, 4.69) is 23.7 Å². The molecule has 0 saturated carbocycles. The first kappa shape index (κ1) is 22.1. The standard InChI is InChI=1S/C25H14F6/c26-24(27,28)23(25(29,30)31)22-16-14-20(12-11-18-7-3-1-4-8-18)17-21(22)15-13-19-9-5-2-6-10-19/h1-10,14,16-17,23H. The third-order valence-electron chi connectivity index (χ3n) is 4.26. The van der Waals surface area contributed by atoms with Crippen LogP contribution in [0.5, 0.6) is 0 Å². The van der Waals surface area contributed by atoms with Crippen molar-refractivity contribution < 1.29 is 26.3 Å². The van der Waals surface area contributed by atoms with E-state index in [1.807, 2.05) is 0 Å². The molecule has 0 nitrogen and oxygen atoms in total. The molecule has 31 heavy (non-hydrogen) atoms. The van der Waals surface area contributed by atoms with Crippen molar-refractivity contribution in [3.63, 3.8) is 0 Å². The summed E-state index contributed by atoms with van der Waals surface area (Å²) in [5, 5.41) is 0. The molecule has 0 amide bonds. The Labute approximate surface area is 175 Å². The minimum absolute atomic E-state index is 0.257. The monoisotopic (exact) mass is 428 g/mol. The summed E-state index contributed by atoms with van der Waals surface area (Å²) in [4.78, 5) is 0. The van der Waals surface area contributed by atoms with Crippen LogP contribution in [-0.4, -0.2) is 12.4 Å². The molecular formula is C25H14F6. The zero-order valence-electron chi connectivity index (χ0n) is 15.9. The summed E-state index contributed by atoms with van der Waals surface area (Å²) in [5.74, 6) is 7.05. The molecule has 0 saturated heterocycles. The first-order chi connectivity index (χ1) is 14.6. The van der Waals surface area contributed by atoms with Gasteiger partial charge in [0.2, 0.25) is 0 Å². The van der Waals surface area contributed by atoms with Crippen molar-refractivity contribution in [2.24, 2.45) is 0 Å². The highest BCUT2D eigenvalue weighted by Crippen LogP contribution is 2.47. The first-order valence-corrected chi connectivity index (χ1v) is 9.06. The van der Waals surface area contributed by atoms with Crippen LogP contribution in [0.4, 0.5) is 26.3 Å². The molecule has 0 unspecified atom stereocenters. The Balaban J connectivity index is 2.12. The SMILES string of the molecule is FC(F)(F)C(c1ccc(C#Cc2ccccc2)cc1C#Cc1ccccc1)C(F)(F)F. The topological polar surface area (TPSA) is 0 Å². The maximum absolute atomic E-state index is 13.3. The summed E-state index contributed by atoms with van der Waals surface area (Å²) in [7, 11) is 0. The average molecular weight is 428 g/mol. The van der Waals surface area contributed by atoms with Gasteiger partial charge in [-0.05, 0) is 42.0 Å². The van der Waals surface area contributed by atoms with Crippen LogP contribution in [0, 0.1) is 23.7 Å². The minimum atomic E-state index is -5.52. The predicted molar refractivity (Wildman–Crippen MR) is 106 cm³/mol. The molecule has 0 fully saturated rings. The molecule has 0 aliphatic rings. The number of rotatable bonds is 1. The third kappa shape index (κ3) is 5.93. The third-order valence-corrected chi connectivity index (χ3v) is 4.26. The van der Waals surface area contributed by atoms with Crippen LogP contribution < -0.4 is 0 Å².